The van der Waals surface area contributed by atoms with Gasteiger partial charge in [0.25, 0.3) is 0 Å². The number of benzene rings is 1. The molecule has 1 aromatic carbocycles. The van der Waals surface area contributed by atoms with E-state index in [9.17, 15) is 8.42 Å². The van der Waals surface area contributed by atoms with Crippen LogP contribution in [0.25, 0.3) is 0 Å². The lowest BCUT2D eigenvalue weighted by Crippen LogP contribution is -2.28. The van der Waals surface area contributed by atoms with Crippen molar-refractivity contribution in [1.29, 1.82) is 0 Å². The molecule has 0 bridgehead atoms. The van der Waals surface area contributed by atoms with Crippen molar-refractivity contribution < 1.29 is 8.42 Å². The first-order valence-electron chi connectivity index (χ1n) is 6.35. The molecule has 0 unspecified atom stereocenters. The van der Waals surface area contributed by atoms with Crippen molar-refractivity contribution in [3.8, 4) is 0 Å². The van der Waals surface area contributed by atoms with Crippen molar-refractivity contribution in [1.82, 2.24) is 10.0 Å². The number of nitrogens with one attached hydrogen (secondary N) is 2. The maximum absolute atomic E-state index is 12.2. The highest BCUT2D eigenvalue weighted by molar-refractivity contribution is 7.89. The van der Waals surface area contributed by atoms with Crippen LogP contribution in [-0.4, -0.2) is 21.5 Å². The monoisotopic (exact) mass is 304 g/mol. The SMILES string of the molecule is CCNCc1ccc(Cl)c(S(=O)(=O)NCC(C)C)c1. The number of hydrogen-bond donors (Lipinski definition) is 2. The zero-order valence-corrected chi connectivity index (χ0v) is 13.1. The standard InChI is InChI=1S/C13H21ClN2O2S/c1-4-15-9-11-5-6-12(14)13(7-11)19(17,18)16-8-10(2)3/h5-7,10,15-16H,4,8-9H2,1-3H3. The van der Waals surface area contributed by atoms with Crippen LogP contribution in [0.4, 0.5) is 0 Å². The molecular weight excluding hydrogens is 284 g/mol. The van der Waals surface area contributed by atoms with Gasteiger partial charge in [0.05, 0.1) is 5.02 Å². The fourth-order valence-corrected chi connectivity index (χ4v) is 3.25. The van der Waals surface area contributed by atoms with Gasteiger partial charge in [-0.25, -0.2) is 13.1 Å². The summed E-state index contributed by atoms with van der Waals surface area (Å²) in [5.74, 6) is 0.249. The molecule has 0 fully saturated rings. The first kappa shape index (κ1) is 16.4. The van der Waals surface area contributed by atoms with Crippen LogP contribution in [0.1, 0.15) is 26.3 Å². The smallest absolute Gasteiger partial charge is 0.242 e. The van der Waals surface area contributed by atoms with Gasteiger partial charge in [-0.2, -0.15) is 0 Å². The molecule has 0 saturated carbocycles. The first-order valence-corrected chi connectivity index (χ1v) is 8.21. The molecular formula is C13H21ClN2O2S. The van der Waals surface area contributed by atoms with Crippen molar-refractivity contribution in [2.24, 2.45) is 5.92 Å². The molecule has 108 valence electrons. The second-order valence-electron chi connectivity index (χ2n) is 4.79. The van der Waals surface area contributed by atoms with Crippen LogP contribution < -0.4 is 10.0 Å². The highest BCUT2D eigenvalue weighted by Crippen LogP contribution is 2.22. The Hall–Kier alpha value is -0.620. The molecule has 2 N–H and O–H groups in total. The van der Waals surface area contributed by atoms with E-state index in [1.807, 2.05) is 26.8 Å². The Kier molecular flexibility index (Phi) is 6.26. The Morgan fingerprint density at radius 1 is 1.32 bits per heavy atom. The molecule has 1 rings (SSSR count). The van der Waals surface area contributed by atoms with Crippen LogP contribution in [0, 0.1) is 5.92 Å². The Balaban J connectivity index is 2.97. The quantitative estimate of drug-likeness (QED) is 0.813. The Bertz CT molecular complexity index is 515. The average molecular weight is 305 g/mol. The molecule has 0 spiro atoms. The summed E-state index contributed by atoms with van der Waals surface area (Å²) in [6.45, 7) is 7.75. The maximum Gasteiger partial charge on any atom is 0.242 e. The van der Waals surface area contributed by atoms with Crippen LogP contribution in [0.5, 0.6) is 0 Å². The van der Waals surface area contributed by atoms with E-state index in [-0.39, 0.29) is 15.8 Å². The largest absolute Gasteiger partial charge is 0.313 e. The Morgan fingerprint density at radius 3 is 2.58 bits per heavy atom. The van der Waals surface area contributed by atoms with E-state index in [0.29, 0.717) is 13.1 Å². The highest BCUT2D eigenvalue weighted by Gasteiger charge is 2.18. The lowest BCUT2D eigenvalue weighted by atomic mass is 10.2. The molecule has 0 amide bonds. The molecule has 0 heterocycles. The molecule has 6 heteroatoms. The third-order valence-corrected chi connectivity index (χ3v) is 4.45. The van der Waals surface area contributed by atoms with Gasteiger partial charge in [0, 0.05) is 13.1 Å². The van der Waals surface area contributed by atoms with Crippen molar-refractivity contribution in [3.63, 3.8) is 0 Å². The minimum Gasteiger partial charge on any atom is -0.313 e. The minimum atomic E-state index is -3.54. The highest BCUT2D eigenvalue weighted by atomic mass is 35.5. The maximum atomic E-state index is 12.2. The summed E-state index contributed by atoms with van der Waals surface area (Å²) in [5.41, 5.74) is 0.899. The summed E-state index contributed by atoms with van der Waals surface area (Å²) in [5, 5.41) is 3.40. The van der Waals surface area contributed by atoms with Gasteiger partial charge in [0.15, 0.2) is 0 Å². The third-order valence-electron chi connectivity index (χ3n) is 2.55. The predicted octanol–water partition coefficient (Wildman–Crippen LogP) is 2.38. The van der Waals surface area contributed by atoms with Gasteiger partial charge in [0.2, 0.25) is 10.0 Å². The van der Waals surface area contributed by atoms with Gasteiger partial charge in [-0.15, -0.1) is 0 Å². The summed E-state index contributed by atoms with van der Waals surface area (Å²) in [7, 11) is -3.54. The van der Waals surface area contributed by atoms with E-state index in [4.69, 9.17) is 11.6 Å². The number of sulfonamides is 1. The molecule has 0 saturated heterocycles. The fraction of sp³-hybridized carbons (Fsp3) is 0.538. The summed E-state index contributed by atoms with van der Waals surface area (Å²) in [6.07, 6.45) is 0. The number of hydrogen-bond acceptors (Lipinski definition) is 3. The molecule has 4 nitrogen and oxygen atoms in total. The predicted molar refractivity (Wildman–Crippen MR) is 78.9 cm³/mol. The topological polar surface area (TPSA) is 58.2 Å². The van der Waals surface area contributed by atoms with Gasteiger partial charge in [-0.1, -0.05) is 38.4 Å². The van der Waals surface area contributed by atoms with E-state index in [0.717, 1.165) is 12.1 Å². The van der Waals surface area contributed by atoms with Crippen LogP contribution in [-0.2, 0) is 16.6 Å². The summed E-state index contributed by atoms with van der Waals surface area (Å²) < 4.78 is 26.9. The molecule has 0 aliphatic heterocycles. The van der Waals surface area contributed by atoms with Gasteiger partial charge >= 0.3 is 0 Å². The summed E-state index contributed by atoms with van der Waals surface area (Å²) in [6, 6.07) is 5.07. The van der Waals surface area contributed by atoms with Crippen molar-refractivity contribution >= 4 is 21.6 Å². The van der Waals surface area contributed by atoms with Crippen LogP contribution >= 0.6 is 11.6 Å². The molecule has 0 aliphatic carbocycles. The van der Waals surface area contributed by atoms with Crippen molar-refractivity contribution in [3.05, 3.63) is 28.8 Å². The molecule has 1 aromatic rings. The zero-order chi connectivity index (χ0) is 14.5. The normalized spacial score (nSPS) is 12.1. The van der Waals surface area contributed by atoms with Crippen molar-refractivity contribution in [2.45, 2.75) is 32.2 Å². The van der Waals surface area contributed by atoms with Crippen molar-refractivity contribution in [2.75, 3.05) is 13.1 Å². The summed E-state index contributed by atoms with van der Waals surface area (Å²) in [4.78, 5) is 0.144. The second kappa shape index (κ2) is 7.24. The Morgan fingerprint density at radius 2 is 2.00 bits per heavy atom. The van der Waals surface area contributed by atoms with Crippen LogP contribution in [0.2, 0.25) is 5.02 Å². The van der Waals surface area contributed by atoms with Gasteiger partial charge < -0.3 is 5.32 Å². The van der Waals surface area contributed by atoms with E-state index in [1.165, 1.54) is 0 Å². The first-order chi connectivity index (χ1) is 8.86. The molecule has 0 radical (unpaired) electrons. The van der Waals surface area contributed by atoms with Crippen LogP contribution in [0.3, 0.4) is 0 Å². The van der Waals surface area contributed by atoms with Gasteiger partial charge in [-0.3, -0.25) is 0 Å². The Labute approximate surface area is 120 Å². The minimum absolute atomic E-state index is 0.144. The van der Waals surface area contributed by atoms with E-state index < -0.39 is 10.0 Å². The van der Waals surface area contributed by atoms with Gasteiger partial charge in [0.1, 0.15) is 4.90 Å². The zero-order valence-electron chi connectivity index (χ0n) is 11.5. The lowest BCUT2D eigenvalue weighted by Gasteiger charge is -2.11. The van der Waals surface area contributed by atoms with E-state index in [2.05, 4.69) is 10.0 Å². The van der Waals surface area contributed by atoms with E-state index >= 15 is 0 Å². The molecule has 0 aliphatic rings. The lowest BCUT2D eigenvalue weighted by molar-refractivity contribution is 0.560. The molecule has 0 atom stereocenters. The molecule has 19 heavy (non-hydrogen) atoms. The van der Waals surface area contributed by atoms with Gasteiger partial charge in [-0.05, 0) is 30.2 Å². The molecule has 0 aromatic heterocycles. The average Bonchev–Trinajstić information content (AvgIpc) is 2.35. The number of rotatable bonds is 7. The second-order valence-corrected chi connectivity index (χ2v) is 6.93. The number of halogens is 1. The fourth-order valence-electron chi connectivity index (χ4n) is 1.49. The third kappa shape index (κ3) is 5.10. The van der Waals surface area contributed by atoms with Crippen LogP contribution in [0.15, 0.2) is 23.1 Å². The van der Waals surface area contributed by atoms with E-state index in [1.54, 1.807) is 12.1 Å². The summed E-state index contributed by atoms with van der Waals surface area (Å²) >= 11 is 5.99.